The predicted molar refractivity (Wildman–Crippen MR) is 311 cm³/mol. The lowest BCUT2D eigenvalue weighted by atomic mass is 10.1. The van der Waals surface area contributed by atoms with Crippen LogP contribution in [0.5, 0.6) is 0 Å². The van der Waals surface area contributed by atoms with Gasteiger partial charge in [0, 0.05) is 62.6 Å². The summed E-state index contributed by atoms with van der Waals surface area (Å²) >= 11 is 0. The van der Waals surface area contributed by atoms with Crippen LogP contribution < -0.4 is 19.9 Å². The first-order valence-corrected chi connectivity index (χ1v) is 25.1. The van der Waals surface area contributed by atoms with Gasteiger partial charge in [0.25, 0.3) is 0 Å². The molecule has 0 aliphatic heterocycles. The molecule has 1 unspecified atom stereocenters. The molecule has 0 amide bonds. The monoisotopic (exact) mass is 961 g/mol. The molecule has 9 nitrogen and oxygen atoms in total. The van der Waals surface area contributed by atoms with E-state index in [-0.39, 0.29) is 6.04 Å². The first-order valence-electron chi connectivity index (χ1n) is 25.1. The minimum Gasteiger partial charge on any atom is -0.341 e. The standard InChI is InChI=1S/C65H55N9/c1-2-70-64-35-21-19-33-61(64)62-44-51(38-41-65(62)70)46-68-72(54-24-10-4-11-25-54)49-59(74(58-30-16-7-17-31-58)69-47-52-42-43-66-63-34-20-18-32-60(52)63)48-71(53-22-8-3-9-23-53)67-45-50-36-39-57(40-37-50)73(55-26-12-5-13-27-55)56-28-14-6-15-29-56/h3-47,59H,2,48-49H2,1H3. The molecule has 0 saturated heterocycles. The van der Waals surface area contributed by atoms with Gasteiger partial charge in [-0.2, -0.15) is 15.3 Å². The number of fused-ring (bicyclic) bond motifs is 4. The smallest absolute Gasteiger partial charge is 0.0917 e. The maximum absolute atomic E-state index is 5.41. The maximum atomic E-state index is 5.41. The van der Waals surface area contributed by atoms with Crippen LogP contribution in [0.3, 0.4) is 0 Å². The molecule has 0 N–H and O–H groups in total. The Morgan fingerprint density at radius 2 is 0.892 bits per heavy atom. The zero-order chi connectivity index (χ0) is 49.9. The molecule has 0 saturated carbocycles. The lowest BCUT2D eigenvalue weighted by Gasteiger charge is -2.35. The lowest BCUT2D eigenvalue weighted by Crippen LogP contribution is -2.47. The van der Waals surface area contributed by atoms with Crippen LogP contribution in [0.15, 0.2) is 270 Å². The van der Waals surface area contributed by atoms with E-state index in [0.717, 1.165) is 68.3 Å². The number of aromatic nitrogens is 2. The second kappa shape index (κ2) is 22.2. The van der Waals surface area contributed by atoms with Gasteiger partial charge in [-0.3, -0.25) is 20.0 Å². The van der Waals surface area contributed by atoms with Crippen molar-refractivity contribution in [3.05, 3.63) is 272 Å². The Morgan fingerprint density at radius 3 is 1.49 bits per heavy atom. The average molecular weight is 962 g/mol. The number of rotatable bonds is 18. The van der Waals surface area contributed by atoms with Gasteiger partial charge in [-0.15, -0.1) is 0 Å². The summed E-state index contributed by atoms with van der Waals surface area (Å²) in [5.41, 5.74) is 12.3. The van der Waals surface area contributed by atoms with Crippen molar-refractivity contribution >= 4 is 85.5 Å². The fourth-order valence-corrected chi connectivity index (χ4v) is 9.63. The van der Waals surface area contributed by atoms with Gasteiger partial charge in [0.1, 0.15) is 0 Å². The van der Waals surface area contributed by atoms with Crippen molar-refractivity contribution < 1.29 is 0 Å². The average Bonchev–Trinajstić information content (AvgIpc) is 3.79. The third-order valence-corrected chi connectivity index (χ3v) is 13.2. The lowest BCUT2D eigenvalue weighted by molar-refractivity contribution is 0.576. The maximum Gasteiger partial charge on any atom is 0.0917 e. The van der Waals surface area contributed by atoms with Gasteiger partial charge < -0.3 is 9.47 Å². The van der Waals surface area contributed by atoms with E-state index in [1.54, 1.807) is 0 Å². The number of benzene rings is 9. The third-order valence-electron chi connectivity index (χ3n) is 13.2. The van der Waals surface area contributed by atoms with E-state index in [2.05, 4.69) is 231 Å². The predicted octanol–water partition coefficient (Wildman–Crippen LogP) is 15.1. The normalized spacial score (nSPS) is 12.1. The van der Waals surface area contributed by atoms with Crippen LogP contribution in [0, 0.1) is 0 Å². The highest BCUT2D eigenvalue weighted by Crippen LogP contribution is 2.35. The Balaban J connectivity index is 0.995. The molecular formula is C65H55N9. The molecule has 9 aromatic carbocycles. The quantitative estimate of drug-likeness (QED) is 0.0633. The van der Waals surface area contributed by atoms with E-state index >= 15 is 0 Å². The molecule has 1 atom stereocenters. The minimum absolute atomic E-state index is 0.339. The summed E-state index contributed by atoms with van der Waals surface area (Å²) in [6.45, 7) is 3.95. The van der Waals surface area contributed by atoms with Crippen molar-refractivity contribution in [1.29, 1.82) is 0 Å². The number of pyridine rings is 1. The molecule has 0 fully saturated rings. The summed E-state index contributed by atoms with van der Waals surface area (Å²) in [6.07, 6.45) is 7.72. The van der Waals surface area contributed by atoms with Crippen LogP contribution in [-0.2, 0) is 6.54 Å². The molecule has 0 spiro atoms. The van der Waals surface area contributed by atoms with E-state index in [1.165, 1.54) is 21.8 Å². The number of anilines is 6. The number of aryl methyl sites for hydroxylation is 1. The third kappa shape index (κ3) is 10.4. The topological polar surface area (TPSA) is 67.9 Å². The first-order chi connectivity index (χ1) is 36.7. The molecule has 2 aromatic heterocycles. The molecule has 360 valence electrons. The van der Waals surface area contributed by atoms with Crippen LogP contribution in [0.25, 0.3) is 32.7 Å². The second-order valence-electron chi connectivity index (χ2n) is 18.0. The molecule has 0 radical (unpaired) electrons. The van der Waals surface area contributed by atoms with Crippen molar-refractivity contribution in [2.24, 2.45) is 15.3 Å². The minimum atomic E-state index is -0.339. The Morgan fingerprint density at radius 1 is 0.419 bits per heavy atom. The number of hydrazone groups is 3. The Bertz CT molecular complexity index is 3630. The summed E-state index contributed by atoms with van der Waals surface area (Å²) in [6, 6.07) is 85.7. The van der Waals surface area contributed by atoms with E-state index in [0.29, 0.717) is 13.1 Å². The Hall–Kier alpha value is -9.60. The number of nitrogens with zero attached hydrogens (tertiary/aromatic N) is 9. The van der Waals surface area contributed by atoms with E-state index in [4.69, 9.17) is 15.3 Å². The molecule has 0 bridgehead atoms. The SMILES string of the molecule is CCn1c2ccccc2c2cc(C=NN(CC(CN(N=Cc3ccc(N(c4ccccc4)c4ccccc4)cc3)c3ccccc3)N(N=Cc3ccnc4ccccc34)c3ccccc3)c3ccccc3)ccc21. The molecule has 2 heterocycles. The van der Waals surface area contributed by atoms with Crippen LogP contribution in [0.2, 0.25) is 0 Å². The summed E-state index contributed by atoms with van der Waals surface area (Å²) < 4.78 is 2.38. The van der Waals surface area contributed by atoms with Gasteiger partial charge in [-0.25, -0.2) is 0 Å². The second-order valence-corrected chi connectivity index (χ2v) is 18.0. The molecule has 74 heavy (non-hydrogen) atoms. The molecular weight excluding hydrogens is 907 g/mol. The zero-order valence-electron chi connectivity index (χ0n) is 41.2. The van der Waals surface area contributed by atoms with Crippen molar-refractivity contribution in [3.8, 4) is 0 Å². The largest absolute Gasteiger partial charge is 0.341 e. The molecule has 11 aromatic rings. The van der Waals surface area contributed by atoms with Crippen LogP contribution >= 0.6 is 0 Å². The Labute approximate surface area is 432 Å². The number of para-hydroxylation sites is 7. The van der Waals surface area contributed by atoms with Gasteiger partial charge in [0.2, 0.25) is 0 Å². The van der Waals surface area contributed by atoms with Gasteiger partial charge in [-0.05, 0) is 121 Å². The molecule has 11 rings (SSSR count). The van der Waals surface area contributed by atoms with E-state index < -0.39 is 0 Å². The summed E-state index contributed by atoms with van der Waals surface area (Å²) in [4.78, 5) is 6.92. The summed E-state index contributed by atoms with van der Waals surface area (Å²) in [5, 5.41) is 25.8. The highest BCUT2D eigenvalue weighted by Gasteiger charge is 2.26. The van der Waals surface area contributed by atoms with Crippen LogP contribution in [-0.4, -0.2) is 47.3 Å². The molecule has 0 aliphatic rings. The van der Waals surface area contributed by atoms with E-state index in [9.17, 15) is 0 Å². The van der Waals surface area contributed by atoms with Crippen molar-refractivity contribution in [3.63, 3.8) is 0 Å². The van der Waals surface area contributed by atoms with Gasteiger partial charge in [0.05, 0.1) is 60.4 Å². The van der Waals surface area contributed by atoms with Gasteiger partial charge >= 0.3 is 0 Å². The van der Waals surface area contributed by atoms with Crippen molar-refractivity contribution in [2.75, 3.05) is 33.0 Å². The first kappa shape index (κ1) is 46.8. The number of hydrogen-bond donors (Lipinski definition) is 0. The van der Waals surface area contributed by atoms with Crippen LogP contribution in [0.4, 0.5) is 34.1 Å². The van der Waals surface area contributed by atoms with Crippen LogP contribution in [0.1, 0.15) is 23.6 Å². The van der Waals surface area contributed by atoms with Crippen molar-refractivity contribution in [2.45, 2.75) is 19.5 Å². The molecule has 0 aliphatic carbocycles. The summed E-state index contributed by atoms with van der Waals surface area (Å²) in [7, 11) is 0. The van der Waals surface area contributed by atoms with E-state index in [1.807, 2.05) is 79.4 Å². The molecule has 9 heteroatoms. The highest BCUT2D eigenvalue weighted by molar-refractivity contribution is 6.09. The zero-order valence-corrected chi connectivity index (χ0v) is 41.2. The highest BCUT2D eigenvalue weighted by atomic mass is 15.5. The van der Waals surface area contributed by atoms with Gasteiger partial charge in [0.15, 0.2) is 0 Å². The fourth-order valence-electron chi connectivity index (χ4n) is 9.63. The Kier molecular flexibility index (Phi) is 14.0. The fraction of sp³-hybridized carbons (Fsp3) is 0.0769. The number of hydrogen-bond acceptors (Lipinski definition) is 8. The summed E-state index contributed by atoms with van der Waals surface area (Å²) in [5.74, 6) is 0. The van der Waals surface area contributed by atoms with Gasteiger partial charge in [-0.1, -0.05) is 146 Å². The van der Waals surface area contributed by atoms with Crippen molar-refractivity contribution in [1.82, 2.24) is 9.55 Å².